The van der Waals surface area contributed by atoms with E-state index in [4.69, 9.17) is 38.0 Å². The number of ether oxygens (including phenoxy) is 2. The fourth-order valence-electron chi connectivity index (χ4n) is 2.34. The zero-order valence-corrected chi connectivity index (χ0v) is 17.2. The van der Waals surface area contributed by atoms with Gasteiger partial charge in [-0.15, -0.1) is 11.8 Å². The number of anilines is 1. The van der Waals surface area contributed by atoms with Gasteiger partial charge in [-0.1, -0.05) is 23.7 Å². The van der Waals surface area contributed by atoms with Crippen LogP contribution in [0.4, 0.5) is 5.69 Å². The number of nitrogens with one attached hydrogen (secondary N) is 1. The van der Waals surface area contributed by atoms with Gasteiger partial charge in [0, 0.05) is 41.1 Å². The van der Waals surface area contributed by atoms with E-state index in [1.54, 1.807) is 18.9 Å². The van der Waals surface area contributed by atoms with E-state index in [1.165, 1.54) is 18.2 Å². The number of nitrogen functional groups attached to an aromatic ring is 1. The Morgan fingerprint density at radius 3 is 2.54 bits per heavy atom. The summed E-state index contributed by atoms with van der Waals surface area (Å²) >= 11 is 7.80. The number of benzene rings is 2. The van der Waals surface area contributed by atoms with Gasteiger partial charge in [0.2, 0.25) is 5.78 Å². The van der Waals surface area contributed by atoms with Gasteiger partial charge < -0.3 is 20.9 Å². The van der Waals surface area contributed by atoms with E-state index < -0.39 is 5.78 Å². The van der Waals surface area contributed by atoms with Crippen molar-refractivity contribution in [3.63, 3.8) is 0 Å². The van der Waals surface area contributed by atoms with Crippen molar-refractivity contribution in [2.24, 2.45) is 5.73 Å². The number of ketones is 1. The lowest BCUT2D eigenvalue weighted by molar-refractivity contribution is -0.108. The highest BCUT2D eigenvalue weighted by Gasteiger charge is 2.17. The standard InChI is InChI=1S/C20H22ClN3O3S/c1-26-7-8-27-19-11-17(23)14(9-15(19)21)20(24)18(25)10-16(22)12-3-5-13(28-2)6-4-12/h3-6,9-11,24H,7-8,22-23H2,1-2H3. The van der Waals surface area contributed by atoms with E-state index in [0.29, 0.717) is 24.5 Å². The summed E-state index contributed by atoms with van der Waals surface area (Å²) in [4.78, 5) is 13.6. The molecule has 0 heterocycles. The zero-order valence-electron chi connectivity index (χ0n) is 15.6. The van der Waals surface area contributed by atoms with Crippen LogP contribution in [0.25, 0.3) is 5.70 Å². The first kappa shape index (κ1) is 21.8. The van der Waals surface area contributed by atoms with E-state index in [2.05, 4.69) is 0 Å². The summed E-state index contributed by atoms with van der Waals surface area (Å²) < 4.78 is 10.4. The Balaban J connectivity index is 2.19. The van der Waals surface area contributed by atoms with Crippen LogP contribution < -0.4 is 16.2 Å². The summed E-state index contributed by atoms with van der Waals surface area (Å²) in [5, 5.41) is 8.43. The van der Waals surface area contributed by atoms with Crippen molar-refractivity contribution < 1.29 is 14.3 Å². The number of carbonyl (C=O) groups excluding carboxylic acids is 1. The van der Waals surface area contributed by atoms with Crippen molar-refractivity contribution >= 4 is 46.2 Å². The van der Waals surface area contributed by atoms with E-state index in [0.717, 1.165) is 4.90 Å². The molecular weight excluding hydrogens is 398 g/mol. The van der Waals surface area contributed by atoms with Crippen molar-refractivity contribution in [3.8, 4) is 5.75 Å². The first-order chi connectivity index (χ1) is 13.4. The van der Waals surface area contributed by atoms with Crippen LogP contribution in [-0.2, 0) is 9.53 Å². The summed E-state index contributed by atoms with van der Waals surface area (Å²) in [6, 6.07) is 10.4. The first-order valence-electron chi connectivity index (χ1n) is 8.33. The van der Waals surface area contributed by atoms with Gasteiger partial charge in [0.25, 0.3) is 0 Å². The summed E-state index contributed by atoms with van der Waals surface area (Å²) in [6.45, 7) is 0.703. The molecule has 0 atom stereocenters. The second kappa shape index (κ2) is 10.2. The topological polar surface area (TPSA) is 111 Å². The molecule has 0 radical (unpaired) electrons. The van der Waals surface area contributed by atoms with Crippen molar-refractivity contribution in [2.75, 3.05) is 32.3 Å². The SMILES string of the molecule is COCCOc1cc(N)c(C(=N)C(=O)C=C(N)c2ccc(SC)cc2)cc1Cl. The number of hydrogen-bond acceptors (Lipinski definition) is 7. The number of carbonyl (C=O) groups is 1. The molecule has 0 aliphatic heterocycles. The van der Waals surface area contributed by atoms with Gasteiger partial charge in [0.1, 0.15) is 18.1 Å². The van der Waals surface area contributed by atoms with E-state index >= 15 is 0 Å². The van der Waals surface area contributed by atoms with E-state index in [1.807, 2.05) is 30.5 Å². The number of thioether (sulfide) groups is 1. The van der Waals surface area contributed by atoms with Gasteiger partial charge in [-0.3, -0.25) is 10.2 Å². The maximum Gasteiger partial charge on any atom is 0.206 e. The van der Waals surface area contributed by atoms with Gasteiger partial charge in [-0.25, -0.2) is 0 Å². The minimum absolute atomic E-state index is 0.214. The van der Waals surface area contributed by atoms with Crippen molar-refractivity contribution in [3.05, 3.63) is 58.6 Å². The van der Waals surface area contributed by atoms with Gasteiger partial charge in [0.15, 0.2) is 0 Å². The van der Waals surface area contributed by atoms with Crippen molar-refractivity contribution in [1.82, 2.24) is 0 Å². The van der Waals surface area contributed by atoms with E-state index in [-0.39, 0.29) is 27.7 Å². The highest BCUT2D eigenvalue weighted by molar-refractivity contribution is 7.98. The molecule has 6 nitrogen and oxygen atoms in total. The summed E-state index contributed by atoms with van der Waals surface area (Å²) in [5.74, 6) is -0.202. The molecule has 148 valence electrons. The molecule has 0 bridgehead atoms. The summed E-state index contributed by atoms with van der Waals surface area (Å²) in [6.07, 6.45) is 3.19. The first-order valence-corrected chi connectivity index (χ1v) is 9.93. The number of rotatable bonds is 9. The van der Waals surface area contributed by atoms with Crippen LogP contribution in [0, 0.1) is 5.41 Å². The zero-order chi connectivity index (χ0) is 20.7. The average molecular weight is 420 g/mol. The predicted octanol–water partition coefficient (Wildman–Crippen LogP) is 3.61. The Hall–Kier alpha value is -2.48. The molecule has 8 heteroatoms. The number of hydrogen-bond donors (Lipinski definition) is 3. The molecule has 2 aromatic rings. The summed E-state index contributed by atoms with van der Waals surface area (Å²) in [7, 11) is 1.56. The summed E-state index contributed by atoms with van der Waals surface area (Å²) in [5.41, 5.74) is 13.1. The Labute approximate surface area is 173 Å². The van der Waals surface area contributed by atoms with Gasteiger partial charge in [-0.2, -0.15) is 0 Å². The second-order valence-corrected chi connectivity index (χ2v) is 7.07. The predicted molar refractivity (Wildman–Crippen MR) is 115 cm³/mol. The highest BCUT2D eigenvalue weighted by Crippen LogP contribution is 2.30. The fourth-order valence-corrected chi connectivity index (χ4v) is 2.97. The fraction of sp³-hybridized carbons (Fsp3) is 0.200. The third-order valence-electron chi connectivity index (χ3n) is 3.87. The molecule has 0 amide bonds. The minimum Gasteiger partial charge on any atom is -0.490 e. The molecule has 0 aliphatic carbocycles. The highest BCUT2D eigenvalue weighted by atomic mass is 35.5. The van der Waals surface area contributed by atoms with Crippen LogP contribution in [0.3, 0.4) is 0 Å². The second-order valence-electron chi connectivity index (χ2n) is 5.78. The molecule has 2 aromatic carbocycles. The number of allylic oxidation sites excluding steroid dienone is 1. The molecule has 0 aromatic heterocycles. The molecule has 0 fully saturated rings. The number of halogens is 1. The van der Waals surface area contributed by atoms with E-state index in [9.17, 15) is 4.79 Å². The number of methoxy groups -OCH3 is 1. The Kier molecular flexibility index (Phi) is 7.92. The molecule has 0 aliphatic rings. The van der Waals surface area contributed by atoms with Crippen LogP contribution in [0.2, 0.25) is 5.02 Å². The molecule has 0 saturated heterocycles. The van der Waals surface area contributed by atoms with Crippen molar-refractivity contribution in [1.29, 1.82) is 5.41 Å². The van der Waals surface area contributed by atoms with Crippen LogP contribution in [0.15, 0.2) is 47.4 Å². The smallest absolute Gasteiger partial charge is 0.206 e. The molecule has 0 unspecified atom stereocenters. The third-order valence-corrected chi connectivity index (χ3v) is 4.91. The van der Waals surface area contributed by atoms with Crippen LogP contribution >= 0.6 is 23.4 Å². The maximum absolute atomic E-state index is 12.5. The quantitative estimate of drug-likeness (QED) is 0.188. The molecule has 0 saturated carbocycles. The molecular formula is C20H22ClN3O3S. The maximum atomic E-state index is 12.5. The monoisotopic (exact) mass is 419 g/mol. The minimum atomic E-state index is -0.567. The van der Waals surface area contributed by atoms with Gasteiger partial charge in [0.05, 0.1) is 11.6 Å². The van der Waals surface area contributed by atoms with Crippen molar-refractivity contribution in [2.45, 2.75) is 4.90 Å². The Morgan fingerprint density at radius 1 is 1.25 bits per heavy atom. The van der Waals surface area contributed by atoms with Crippen LogP contribution in [0.1, 0.15) is 11.1 Å². The van der Waals surface area contributed by atoms with Gasteiger partial charge >= 0.3 is 0 Å². The van der Waals surface area contributed by atoms with Gasteiger partial charge in [-0.05, 0) is 30.0 Å². The lowest BCUT2D eigenvalue weighted by atomic mass is 10.0. The molecule has 28 heavy (non-hydrogen) atoms. The average Bonchev–Trinajstić information content (AvgIpc) is 2.69. The third kappa shape index (κ3) is 5.51. The molecule has 0 spiro atoms. The van der Waals surface area contributed by atoms with Crippen LogP contribution in [-0.4, -0.2) is 38.1 Å². The molecule has 5 N–H and O–H groups in total. The lowest BCUT2D eigenvalue weighted by Crippen LogP contribution is -2.16. The van der Waals surface area contributed by atoms with Crippen LogP contribution in [0.5, 0.6) is 5.75 Å². The number of nitrogens with two attached hydrogens (primary N) is 2. The normalized spacial score (nSPS) is 11.3. The Bertz CT molecular complexity index is 898. The largest absolute Gasteiger partial charge is 0.490 e. The lowest BCUT2D eigenvalue weighted by Gasteiger charge is -2.12. The molecule has 2 rings (SSSR count). The Morgan fingerprint density at radius 2 is 1.93 bits per heavy atom.